The van der Waals surface area contributed by atoms with E-state index >= 15 is 0 Å². The van der Waals surface area contributed by atoms with Gasteiger partial charge in [-0.2, -0.15) is 0 Å². The second-order valence-electron chi connectivity index (χ2n) is 9.46. The third kappa shape index (κ3) is 7.08. The van der Waals surface area contributed by atoms with Crippen LogP contribution in [0.25, 0.3) is 0 Å². The molecule has 1 aromatic carbocycles. The molecule has 23 heteroatoms. The molecule has 9 N–H and O–H groups in total. The molecule has 2 aliphatic rings. The number of anilines is 1. The summed E-state index contributed by atoms with van der Waals surface area (Å²) in [6.07, 6.45) is 0. The van der Waals surface area contributed by atoms with Gasteiger partial charge in [0.05, 0.1) is 4.21 Å². The number of carbonyl (C=O) groups is 5. The Labute approximate surface area is 287 Å². The smallest absolute Gasteiger partial charge is 0.358 e. The molecule has 2 aromatic heterocycles. The number of hydrogen-bond acceptors (Lipinski definition) is 17. The molecule has 0 aliphatic carbocycles. The number of benzene rings is 1. The molecule has 4 heterocycles. The normalized spacial score (nSPS) is 18.1. The van der Waals surface area contributed by atoms with Crippen molar-refractivity contribution >= 4 is 98.7 Å². The van der Waals surface area contributed by atoms with Crippen molar-refractivity contribution in [2.75, 3.05) is 17.2 Å². The predicted molar refractivity (Wildman–Crippen MR) is 174 cm³/mol. The number of nitrogens with two attached hydrogens (primary N) is 1. The fourth-order valence-electron chi connectivity index (χ4n) is 4.25. The number of aromatic hydroxyl groups is 2. The number of H-pyrrole nitrogens is 1. The first-order valence-corrected chi connectivity index (χ1v) is 17.5. The van der Waals surface area contributed by atoms with E-state index in [0.717, 1.165) is 63.4 Å². The lowest BCUT2D eigenvalue weighted by Gasteiger charge is -2.49. The Kier molecular flexibility index (Phi) is 10.2. The molecule has 1 saturated heterocycles. The zero-order valence-electron chi connectivity index (χ0n) is 23.5. The molecule has 2 aliphatic heterocycles. The van der Waals surface area contributed by atoms with Crippen molar-refractivity contribution in [2.45, 2.75) is 26.0 Å². The molecule has 5 rings (SSSR count). The van der Waals surface area contributed by atoms with Gasteiger partial charge in [0.1, 0.15) is 22.8 Å². The van der Waals surface area contributed by atoms with Gasteiger partial charge in [0, 0.05) is 21.8 Å². The van der Waals surface area contributed by atoms with Crippen molar-refractivity contribution in [3.05, 3.63) is 56.5 Å². The summed E-state index contributed by atoms with van der Waals surface area (Å²) in [6, 6.07) is 2.30. The highest BCUT2D eigenvalue weighted by Crippen LogP contribution is 2.42. The zero-order chi connectivity index (χ0) is 34.9. The Morgan fingerprint density at radius 1 is 1.17 bits per heavy atom. The molecule has 0 radical (unpaired) electrons. The molecule has 0 bridgehead atoms. The van der Waals surface area contributed by atoms with Gasteiger partial charge in [-0.3, -0.25) is 23.7 Å². The van der Waals surface area contributed by atoms with Gasteiger partial charge >= 0.3 is 17.9 Å². The van der Waals surface area contributed by atoms with E-state index in [4.69, 9.17) is 10.6 Å². The summed E-state index contributed by atoms with van der Waals surface area (Å²) in [6.45, 7) is 0. The zero-order valence-corrected chi connectivity index (χ0v) is 27.6. The first kappa shape index (κ1) is 34.6. The summed E-state index contributed by atoms with van der Waals surface area (Å²) in [4.78, 5) is 84.4. The lowest BCUT2D eigenvalue weighted by Crippen LogP contribution is -2.71. The van der Waals surface area contributed by atoms with Crippen LogP contribution in [-0.2, 0) is 24.0 Å². The fraction of sp³-hybridized carbons (Fsp3) is 0.200. The predicted octanol–water partition coefficient (Wildman–Crippen LogP) is 1.04. The number of carboxylic acid groups (broad SMARTS) is 3. The maximum absolute atomic E-state index is 13.4. The average Bonchev–Trinajstić information content (AvgIpc) is 3.63. The van der Waals surface area contributed by atoms with Crippen LogP contribution in [0.5, 0.6) is 11.5 Å². The van der Waals surface area contributed by atoms with Crippen molar-refractivity contribution in [2.24, 2.45) is 5.16 Å². The summed E-state index contributed by atoms with van der Waals surface area (Å²) in [5.41, 5.74) is 2.00. The number of phenols is 2. The highest BCUT2D eigenvalue weighted by Gasteiger charge is 2.54. The SMILES string of the molecule is Nc1nc(/C(=N/OC(Sc2ccc(O)c(O)c2)C(=O)O)C(=O)NC2C(=O)N3C(C(=O)O)=C(CSc4s[nH]c(=O)c4C(=O)O)CSC23)cs1. The van der Waals surface area contributed by atoms with Gasteiger partial charge in [-0.25, -0.2) is 19.4 Å². The van der Waals surface area contributed by atoms with E-state index in [9.17, 15) is 54.3 Å². The van der Waals surface area contributed by atoms with E-state index in [0.29, 0.717) is 11.8 Å². The number of aliphatic carboxylic acids is 2. The third-order valence-electron chi connectivity index (χ3n) is 6.41. The maximum atomic E-state index is 13.4. The summed E-state index contributed by atoms with van der Waals surface area (Å²) in [7, 11) is 0. The van der Waals surface area contributed by atoms with Gasteiger partial charge in [-0.1, -0.05) is 28.5 Å². The van der Waals surface area contributed by atoms with Gasteiger partial charge < -0.3 is 41.4 Å². The van der Waals surface area contributed by atoms with Crippen molar-refractivity contribution in [3.8, 4) is 11.5 Å². The third-order valence-corrected chi connectivity index (χ3v) is 11.7. The van der Waals surface area contributed by atoms with Gasteiger partial charge in [0.25, 0.3) is 22.8 Å². The lowest BCUT2D eigenvalue weighted by molar-refractivity contribution is -0.150. The van der Waals surface area contributed by atoms with E-state index in [-0.39, 0.29) is 42.7 Å². The van der Waals surface area contributed by atoms with Crippen LogP contribution in [0.2, 0.25) is 0 Å². The van der Waals surface area contributed by atoms with Crippen molar-refractivity contribution in [3.63, 3.8) is 0 Å². The van der Waals surface area contributed by atoms with Crippen LogP contribution < -0.4 is 16.6 Å². The van der Waals surface area contributed by atoms with E-state index < -0.39 is 74.9 Å². The number of aromatic amines is 1. The number of nitrogens with one attached hydrogen (secondary N) is 2. The number of thiazole rings is 1. The second-order valence-corrected chi connectivity index (χ2v) is 14.7. The lowest BCUT2D eigenvalue weighted by atomic mass is 10.0. The summed E-state index contributed by atoms with van der Waals surface area (Å²) >= 11 is 4.37. The topological polar surface area (TPSA) is 295 Å². The molecule has 252 valence electrons. The van der Waals surface area contributed by atoms with Crippen LogP contribution in [0.3, 0.4) is 0 Å². The Balaban J connectivity index is 1.33. The molecule has 2 amide bonds. The number of carbonyl (C=O) groups excluding carboxylic acids is 2. The van der Waals surface area contributed by atoms with Crippen LogP contribution >= 0.6 is 58.2 Å². The van der Waals surface area contributed by atoms with Crippen LogP contribution in [0.4, 0.5) is 5.13 Å². The minimum Gasteiger partial charge on any atom is -0.504 e. The molecule has 3 unspecified atom stereocenters. The molecule has 18 nitrogen and oxygen atoms in total. The number of oxime groups is 1. The molecule has 3 aromatic rings. The average molecular weight is 757 g/mol. The second kappa shape index (κ2) is 14.2. The van der Waals surface area contributed by atoms with Crippen molar-refractivity contribution in [1.29, 1.82) is 0 Å². The quantitative estimate of drug-likeness (QED) is 0.0302. The number of β-lactam (4-membered cyclic amide) rings is 1. The summed E-state index contributed by atoms with van der Waals surface area (Å²) in [5, 5.41) is 54.9. The number of rotatable bonds is 13. The molecule has 1 fully saturated rings. The summed E-state index contributed by atoms with van der Waals surface area (Å²) < 4.78 is 2.46. The van der Waals surface area contributed by atoms with Gasteiger partial charge in [0.2, 0.25) is 0 Å². The van der Waals surface area contributed by atoms with Crippen LogP contribution in [0.15, 0.2) is 53.9 Å². The minimum absolute atomic E-state index is 0.0342. The largest absolute Gasteiger partial charge is 0.504 e. The number of carboxylic acids is 3. The summed E-state index contributed by atoms with van der Waals surface area (Å²) in [5.74, 6) is -7.06. The maximum Gasteiger partial charge on any atom is 0.358 e. The molecule has 3 atom stereocenters. The molecule has 0 spiro atoms. The Morgan fingerprint density at radius 2 is 1.92 bits per heavy atom. The molecule has 48 heavy (non-hydrogen) atoms. The Bertz CT molecular complexity index is 1950. The monoisotopic (exact) mass is 756 g/mol. The van der Waals surface area contributed by atoms with E-state index in [1.807, 2.05) is 0 Å². The van der Waals surface area contributed by atoms with E-state index in [1.165, 1.54) is 11.4 Å². The van der Waals surface area contributed by atoms with Gasteiger partial charge in [0.15, 0.2) is 27.9 Å². The van der Waals surface area contributed by atoms with E-state index in [1.54, 1.807) is 0 Å². The number of nitrogen functional groups attached to an aromatic ring is 1. The minimum atomic E-state index is -1.75. The standard InChI is InChI=1S/C25H20N6O12S5/c26-25-27-9(6-46-25)13(29-43-23(22(41)42)47-8-1-2-10(32)11(33)3-8)17(35)28-14-18(36)31-15(21(39)40)7(4-44-19(14)31)5-45-24-12(20(37)38)16(34)30-48-24/h1-3,6,14,19,23,32-33H,4-5H2,(H2,26,27)(H,28,35)(H,30,34)(H,37,38)(H,39,40)(H,41,42)/b29-13-. The molecular weight excluding hydrogens is 737 g/mol. The number of nitrogens with zero attached hydrogens (tertiary/aromatic N) is 3. The van der Waals surface area contributed by atoms with Crippen LogP contribution in [0.1, 0.15) is 16.1 Å². The number of phenolic OH excluding ortho intramolecular Hbond substituents is 2. The van der Waals surface area contributed by atoms with Crippen molar-refractivity contribution < 1.29 is 54.3 Å². The number of amides is 2. The van der Waals surface area contributed by atoms with Gasteiger partial charge in [-0.05, 0) is 23.8 Å². The Morgan fingerprint density at radius 3 is 2.54 bits per heavy atom. The van der Waals surface area contributed by atoms with Gasteiger partial charge in [-0.15, -0.1) is 34.9 Å². The highest BCUT2D eigenvalue weighted by atomic mass is 32.2. The molecular formula is C25H20N6O12S5. The molecule has 0 saturated carbocycles. The first-order valence-electron chi connectivity index (χ1n) is 12.9. The number of fused-ring (bicyclic) bond motifs is 1. The number of aromatic nitrogens is 2. The van der Waals surface area contributed by atoms with E-state index in [2.05, 4.69) is 19.8 Å². The highest BCUT2D eigenvalue weighted by molar-refractivity contribution is 8.02. The van der Waals surface area contributed by atoms with Crippen LogP contribution in [0, 0.1) is 0 Å². The van der Waals surface area contributed by atoms with Crippen molar-refractivity contribution in [1.82, 2.24) is 19.6 Å². The van der Waals surface area contributed by atoms with Crippen LogP contribution in [-0.4, -0.2) is 104 Å². The fourth-order valence-corrected chi connectivity index (χ4v) is 9.01. The number of thioether (sulfide) groups is 3. The first-order chi connectivity index (χ1) is 22.8. The number of hydrogen-bond donors (Lipinski definition) is 8. The number of aromatic carboxylic acids is 1. The Hall–Kier alpha value is -4.71.